The highest BCUT2D eigenvalue weighted by Gasteiger charge is 2.57. The lowest BCUT2D eigenvalue weighted by molar-refractivity contribution is -0.137. The molecule has 0 saturated heterocycles. The van der Waals surface area contributed by atoms with Gasteiger partial charge in [0.05, 0.1) is 11.3 Å². The smallest absolute Gasteiger partial charge is 0.352 e. The fourth-order valence-corrected chi connectivity index (χ4v) is 3.16. The van der Waals surface area contributed by atoms with E-state index in [1.165, 1.54) is 18.2 Å². The zero-order chi connectivity index (χ0) is 17.4. The van der Waals surface area contributed by atoms with Crippen molar-refractivity contribution in [2.24, 2.45) is 5.41 Å². The summed E-state index contributed by atoms with van der Waals surface area (Å²) in [6.45, 7) is 0. The molecule has 2 fully saturated rings. The van der Waals surface area contributed by atoms with Gasteiger partial charge < -0.3 is 10.6 Å². The van der Waals surface area contributed by atoms with Crippen LogP contribution in [0.1, 0.15) is 44.1 Å². The average Bonchev–Trinajstić information content (AvgIpc) is 3.19. The van der Waals surface area contributed by atoms with Gasteiger partial charge in [-0.1, -0.05) is 25.0 Å². The van der Waals surface area contributed by atoms with E-state index in [-0.39, 0.29) is 17.6 Å². The highest BCUT2D eigenvalue weighted by Crippen LogP contribution is 2.47. The highest BCUT2D eigenvalue weighted by molar-refractivity contribution is 6.13. The van der Waals surface area contributed by atoms with Crippen molar-refractivity contribution in [1.82, 2.24) is 5.32 Å². The van der Waals surface area contributed by atoms with Crippen LogP contribution in [0.4, 0.5) is 18.9 Å². The van der Waals surface area contributed by atoms with Crippen LogP contribution in [0.5, 0.6) is 0 Å². The first-order chi connectivity index (χ1) is 11.3. The molecule has 24 heavy (non-hydrogen) atoms. The maximum atomic E-state index is 13.0. The summed E-state index contributed by atoms with van der Waals surface area (Å²) in [5.41, 5.74) is -2.44. The Morgan fingerprint density at radius 2 is 1.67 bits per heavy atom. The monoisotopic (exact) mass is 340 g/mol. The largest absolute Gasteiger partial charge is 0.418 e. The van der Waals surface area contributed by atoms with E-state index in [2.05, 4.69) is 10.6 Å². The van der Waals surface area contributed by atoms with Crippen LogP contribution in [-0.2, 0) is 15.8 Å². The van der Waals surface area contributed by atoms with E-state index in [1.807, 2.05) is 0 Å². The van der Waals surface area contributed by atoms with Crippen LogP contribution in [-0.4, -0.2) is 17.9 Å². The third-order valence-electron chi connectivity index (χ3n) is 4.79. The first-order valence-corrected chi connectivity index (χ1v) is 8.11. The van der Waals surface area contributed by atoms with Crippen molar-refractivity contribution in [3.8, 4) is 0 Å². The molecule has 1 aromatic carbocycles. The molecule has 0 spiro atoms. The molecule has 2 saturated carbocycles. The summed E-state index contributed by atoms with van der Waals surface area (Å²) in [6.07, 6.45) is 0.0384. The van der Waals surface area contributed by atoms with Crippen molar-refractivity contribution in [3.63, 3.8) is 0 Å². The molecule has 2 aliphatic carbocycles. The van der Waals surface area contributed by atoms with Crippen LogP contribution >= 0.6 is 0 Å². The predicted molar refractivity (Wildman–Crippen MR) is 82.1 cm³/mol. The number of carbonyl (C=O) groups is 2. The van der Waals surface area contributed by atoms with E-state index in [0.717, 1.165) is 31.7 Å². The van der Waals surface area contributed by atoms with Crippen LogP contribution in [0.2, 0.25) is 0 Å². The fourth-order valence-electron chi connectivity index (χ4n) is 3.16. The van der Waals surface area contributed by atoms with Crippen molar-refractivity contribution >= 4 is 17.5 Å². The third kappa shape index (κ3) is 3.25. The van der Waals surface area contributed by atoms with E-state index in [1.54, 1.807) is 0 Å². The summed E-state index contributed by atoms with van der Waals surface area (Å²) >= 11 is 0. The van der Waals surface area contributed by atoms with Gasteiger partial charge in [-0.25, -0.2) is 0 Å². The number of alkyl halides is 3. The molecule has 2 N–H and O–H groups in total. The predicted octanol–water partition coefficient (Wildman–Crippen LogP) is 3.48. The molecule has 1 aromatic rings. The van der Waals surface area contributed by atoms with E-state index in [4.69, 9.17) is 0 Å². The van der Waals surface area contributed by atoms with Crippen molar-refractivity contribution in [3.05, 3.63) is 29.8 Å². The third-order valence-corrected chi connectivity index (χ3v) is 4.79. The minimum Gasteiger partial charge on any atom is -0.352 e. The highest BCUT2D eigenvalue weighted by atomic mass is 19.4. The Balaban J connectivity index is 1.72. The summed E-state index contributed by atoms with van der Waals surface area (Å²) < 4.78 is 39.0. The molecule has 0 aromatic heterocycles. The minimum absolute atomic E-state index is 0.0743. The molecule has 0 unspecified atom stereocenters. The molecule has 0 radical (unpaired) electrons. The molecule has 3 rings (SSSR count). The van der Waals surface area contributed by atoms with Gasteiger partial charge in [-0.15, -0.1) is 0 Å². The summed E-state index contributed by atoms with van der Waals surface area (Å²) in [7, 11) is 0. The van der Waals surface area contributed by atoms with E-state index < -0.39 is 23.1 Å². The van der Waals surface area contributed by atoms with Crippen molar-refractivity contribution in [2.45, 2.75) is 50.7 Å². The second kappa shape index (κ2) is 6.11. The van der Waals surface area contributed by atoms with E-state index >= 15 is 0 Å². The fraction of sp³-hybridized carbons (Fsp3) is 0.529. The summed E-state index contributed by atoms with van der Waals surface area (Å²) in [5.74, 6) is -1.02. The second-order valence-electron chi connectivity index (χ2n) is 6.53. The molecule has 0 heterocycles. The quantitative estimate of drug-likeness (QED) is 0.825. The Morgan fingerprint density at radius 1 is 1.04 bits per heavy atom. The lowest BCUT2D eigenvalue weighted by Gasteiger charge is -2.20. The molecule has 2 amide bonds. The number of hydrogen-bond acceptors (Lipinski definition) is 2. The van der Waals surface area contributed by atoms with Gasteiger partial charge in [-0.05, 0) is 37.8 Å². The van der Waals surface area contributed by atoms with Crippen molar-refractivity contribution in [2.75, 3.05) is 5.32 Å². The molecular formula is C17H19F3N2O2. The number of amides is 2. The van der Waals surface area contributed by atoms with Crippen LogP contribution in [0.25, 0.3) is 0 Å². The number of anilines is 1. The van der Waals surface area contributed by atoms with Gasteiger partial charge >= 0.3 is 6.18 Å². The van der Waals surface area contributed by atoms with Gasteiger partial charge in [0.15, 0.2) is 0 Å². The van der Waals surface area contributed by atoms with Gasteiger partial charge in [-0.3, -0.25) is 9.59 Å². The lowest BCUT2D eigenvalue weighted by Crippen LogP contribution is -2.43. The number of para-hydroxylation sites is 1. The Morgan fingerprint density at radius 3 is 2.25 bits per heavy atom. The molecule has 0 atom stereocenters. The Labute approximate surface area is 137 Å². The van der Waals surface area contributed by atoms with Gasteiger partial charge in [0, 0.05) is 6.04 Å². The Bertz CT molecular complexity index is 647. The van der Waals surface area contributed by atoms with Gasteiger partial charge in [-0.2, -0.15) is 13.2 Å². The number of nitrogens with one attached hydrogen (secondary N) is 2. The van der Waals surface area contributed by atoms with Gasteiger partial charge in [0.2, 0.25) is 11.8 Å². The van der Waals surface area contributed by atoms with Crippen LogP contribution in [0.15, 0.2) is 24.3 Å². The molecule has 0 bridgehead atoms. The molecule has 4 nitrogen and oxygen atoms in total. The van der Waals surface area contributed by atoms with Crippen LogP contribution < -0.4 is 10.6 Å². The van der Waals surface area contributed by atoms with Crippen molar-refractivity contribution < 1.29 is 22.8 Å². The van der Waals surface area contributed by atoms with Crippen molar-refractivity contribution in [1.29, 1.82) is 0 Å². The van der Waals surface area contributed by atoms with Crippen LogP contribution in [0, 0.1) is 5.41 Å². The molecule has 7 heteroatoms. The number of benzene rings is 1. The van der Waals surface area contributed by atoms with E-state index in [9.17, 15) is 22.8 Å². The van der Waals surface area contributed by atoms with Gasteiger partial charge in [0.1, 0.15) is 5.41 Å². The van der Waals surface area contributed by atoms with E-state index in [0.29, 0.717) is 12.8 Å². The first-order valence-electron chi connectivity index (χ1n) is 8.11. The average molecular weight is 340 g/mol. The molecule has 2 aliphatic rings. The lowest BCUT2D eigenvalue weighted by atomic mass is 10.0. The Kier molecular flexibility index (Phi) is 4.27. The number of halogens is 3. The summed E-state index contributed by atoms with van der Waals surface area (Å²) in [4.78, 5) is 24.9. The number of hydrogen-bond donors (Lipinski definition) is 2. The van der Waals surface area contributed by atoms with Gasteiger partial charge in [0.25, 0.3) is 0 Å². The second-order valence-corrected chi connectivity index (χ2v) is 6.53. The maximum Gasteiger partial charge on any atom is 0.418 e. The Hall–Kier alpha value is -2.05. The summed E-state index contributed by atoms with van der Waals surface area (Å²) in [5, 5.41) is 5.18. The topological polar surface area (TPSA) is 58.2 Å². The maximum absolute atomic E-state index is 13.0. The SMILES string of the molecule is O=C(Nc1ccccc1C(F)(F)F)C1(C(=O)NC2CCCC2)CC1. The zero-order valence-electron chi connectivity index (χ0n) is 13.1. The zero-order valence-corrected chi connectivity index (χ0v) is 13.1. The normalized spacial score (nSPS) is 19.8. The first kappa shape index (κ1) is 16.8. The number of rotatable bonds is 4. The summed E-state index contributed by atoms with van der Waals surface area (Å²) in [6, 6.07) is 4.87. The number of carbonyl (C=O) groups excluding carboxylic acids is 2. The molecular weight excluding hydrogens is 321 g/mol. The minimum atomic E-state index is -4.56. The standard InChI is InChI=1S/C17H19F3N2O2/c18-17(19,20)12-7-3-4-8-13(12)22-15(24)16(9-10-16)14(23)21-11-5-1-2-6-11/h3-4,7-8,11H,1-2,5-6,9-10H2,(H,21,23)(H,22,24). The molecule has 0 aliphatic heterocycles. The van der Waals surface area contributed by atoms with Crippen LogP contribution in [0.3, 0.4) is 0 Å². The molecule has 130 valence electrons.